The van der Waals surface area contributed by atoms with Crippen LogP contribution >= 0.6 is 0 Å². The number of rotatable bonds is 7. The monoisotopic (exact) mass is 492 g/mol. The van der Waals surface area contributed by atoms with Crippen LogP contribution in [0.2, 0.25) is 0 Å². The Morgan fingerprint density at radius 3 is 2.65 bits per heavy atom. The second kappa shape index (κ2) is 10.9. The van der Waals surface area contributed by atoms with Crippen molar-refractivity contribution in [3.63, 3.8) is 0 Å². The summed E-state index contributed by atoms with van der Waals surface area (Å²) in [6, 6.07) is 30.6. The number of ether oxygens (including phenoxy) is 1. The molecule has 0 saturated carbocycles. The van der Waals surface area contributed by atoms with Crippen molar-refractivity contribution in [2.24, 2.45) is 0 Å². The molecule has 1 fully saturated rings. The summed E-state index contributed by atoms with van der Waals surface area (Å²) in [5.74, 6) is 1.29. The van der Waals surface area contributed by atoms with Crippen LogP contribution < -0.4 is 15.0 Å². The van der Waals surface area contributed by atoms with Crippen molar-refractivity contribution in [2.75, 3.05) is 24.6 Å². The van der Waals surface area contributed by atoms with E-state index in [1.807, 2.05) is 12.1 Å². The van der Waals surface area contributed by atoms with Gasteiger partial charge in [0, 0.05) is 23.7 Å². The van der Waals surface area contributed by atoms with Gasteiger partial charge in [-0.15, -0.1) is 0 Å². The third kappa shape index (κ3) is 5.30. The van der Waals surface area contributed by atoms with Gasteiger partial charge in [0.2, 0.25) is 0 Å². The molecule has 2 N–H and O–H groups in total. The number of aromatic hydroxyl groups is 1. The molecule has 0 radical (unpaired) electrons. The zero-order valence-electron chi connectivity index (χ0n) is 21.4. The number of hydrogen-bond acceptors (Lipinski definition) is 4. The number of nitrogens with one attached hydrogen (secondary N) is 1. The minimum atomic E-state index is 0.194. The summed E-state index contributed by atoms with van der Waals surface area (Å²) in [4.78, 5) is 2.56. The zero-order valence-corrected chi connectivity index (χ0v) is 21.4. The molecule has 2 unspecified atom stereocenters. The van der Waals surface area contributed by atoms with Gasteiger partial charge in [-0.1, -0.05) is 61.0 Å². The highest BCUT2D eigenvalue weighted by atomic mass is 16.5. The maximum Gasteiger partial charge on any atom is 0.119 e. The molecule has 0 amide bonds. The molecule has 2 heterocycles. The van der Waals surface area contributed by atoms with Crippen molar-refractivity contribution in [3.05, 3.63) is 102 Å². The minimum absolute atomic E-state index is 0.194. The fourth-order valence-corrected chi connectivity index (χ4v) is 6.10. The highest BCUT2D eigenvalue weighted by molar-refractivity contribution is 5.94. The largest absolute Gasteiger partial charge is 0.508 e. The first kappa shape index (κ1) is 23.9. The average molecular weight is 493 g/mol. The topological polar surface area (TPSA) is 44.7 Å². The van der Waals surface area contributed by atoms with E-state index in [4.69, 9.17) is 4.74 Å². The number of hydrogen-bond donors (Lipinski definition) is 2. The lowest BCUT2D eigenvalue weighted by Crippen LogP contribution is -2.36. The van der Waals surface area contributed by atoms with E-state index in [9.17, 15) is 5.11 Å². The summed E-state index contributed by atoms with van der Waals surface area (Å²) in [6.07, 6.45) is 6.76. The maximum atomic E-state index is 10.1. The Morgan fingerprint density at radius 1 is 0.919 bits per heavy atom. The van der Waals surface area contributed by atoms with Gasteiger partial charge < -0.3 is 20.1 Å². The van der Waals surface area contributed by atoms with Gasteiger partial charge in [-0.05, 0) is 91.1 Å². The number of nitrogens with zero attached hydrogens (tertiary/aromatic N) is 1. The molecular formula is C33H36N2O2. The summed E-state index contributed by atoms with van der Waals surface area (Å²) < 4.78 is 6.08. The summed E-state index contributed by atoms with van der Waals surface area (Å²) in [5, 5.41) is 16.3. The lowest BCUT2D eigenvalue weighted by Gasteiger charge is -2.40. The van der Waals surface area contributed by atoms with Gasteiger partial charge in [0.1, 0.15) is 11.5 Å². The van der Waals surface area contributed by atoms with Crippen LogP contribution in [0, 0.1) is 0 Å². The highest BCUT2D eigenvalue weighted by Gasteiger charge is 2.29. The molecule has 2 atom stereocenters. The fraction of sp³-hybridized carbons (Fsp3) is 0.333. The Balaban J connectivity index is 1.23. The summed E-state index contributed by atoms with van der Waals surface area (Å²) in [5.41, 5.74) is 5.12. The second-order valence-electron chi connectivity index (χ2n) is 10.5. The molecule has 2 aliphatic rings. The van der Waals surface area contributed by atoms with Crippen molar-refractivity contribution in [1.82, 2.24) is 5.32 Å². The van der Waals surface area contributed by atoms with Crippen molar-refractivity contribution in [3.8, 4) is 11.5 Å². The van der Waals surface area contributed by atoms with Crippen LogP contribution in [-0.4, -0.2) is 30.8 Å². The Hall–Kier alpha value is -3.50. The summed E-state index contributed by atoms with van der Waals surface area (Å²) in [7, 11) is 0. The number of benzene rings is 4. The van der Waals surface area contributed by atoms with E-state index in [0.717, 1.165) is 44.7 Å². The quantitative estimate of drug-likeness (QED) is 0.298. The standard InChI is InChI=1S/C33H36N2O2/c36-28-13-16-31-26(23-28)17-20-35(32-10-5-7-25-6-1-2-9-30(25)32)33(31)22-24-11-14-29(15-12-24)37-21-18-27-8-3-4-19-34-27/h1-2,5-7,9-16,23,27,33-34,36H,3-4,8,17-22H2. The average Bonchev–Trinajstić information content (AvgIpc) is 2.94. The third-order valence-electron chi connectivity index (χ3n) is 8.06. The molecular weight excluding hydrogens is 456 g/mol. The van der Waals surface area contributed by atoms with Crippen molar-refractivity contribution in [2.45, 2.75) is 50.6 Å². The van der Waals surface area contributed by atoms with E-state index in [1.165, 1.54) is 52.4 Å². The Kier molecular flexibility index (Phi) is 7.00. The van der Waals surface area contributed by atoms with Crippen LogP contribution in [0.3, 0.4) is 0 Å². The predicted octanol–water partition coefficient (Wildman–Crippen LogP) is 6.80. The van der Waals surface area contributed by atoms with Crippen LogP contribution in [0.1, 0.15) is 48.4 Å². The van der Waals surface area contributed by atoms with Gasteiger partial charge in [-0.2, -0.15) is 0 Å². The lowest BCUT2D eigenvalue weighted by molar-refractivity contribution is 0.268. The van der Waals surface area contributed by atoms with Crippen LogP contribution in [0.5, 0.6) is 11.5 Å². The molecule has 4 aromatic rings. The number of phenolic OH excluding ortho intramolecular Hbond substituents is 1. The summed E-state index contributed by atoms with van der Waals surface area (Å²) >= 11 is 0. The second-order valence-corrected chi connectivity index (χ2v) is 10.5. The van der Waals surface area contributed by atoms with Gasteiger partial charge >= 0.3 is 0 Å². The molecule has 6 rings (SSSR count). The molecule has 4 aromatic carbocycles. The molecule has 37 heavy (non-hydrogen) atoms. The number of phenols is 1. The molecule has 0 bridgehead atoms. The van der Waals surface area contributed by atoms with E-state index in [2.05, 4.69) is 83.0 Å². The Labute approximate surface area is 219 Å². The first-order chi connectivity index (χ1) is 18.2. The number of anilines is 1. The lowest BCUT2D eigenvalue weighted by atomic mass is 9.87. The van der Waals surface area contributed by atoms with Gasteiger partial charge in [-0.25, -0.2) is 0 Å². The van der Waals surface area contributed by atoms with Crippen molar-refractivity contribution < 1.29 is 9.84 Å². The van der Waals surface area contributed by atoms with Gasteiger partial charge in [0.05, 0.1) is 12.6 Å². The van der Waals surface area contributed by atoms with Gasteiger partial charge in [0.15, 0.2) is 0 Å². The molecule has 1 saturated heterocycles. The molecule has 0 spiro atoms. The molecule has 2 aliphatic heterocycles. The number of fused-ring (bicyclic) bond motifs is 2. The molecule has 190 valence electrons. The van der Waals surface area contributed by atoms with Gasteiger partial charge in [-0.3, -0.25) is 0 Å². The van der Waals surface area contributed by atoms with Gasteiger partial charge in [0.25, 0.3) is 0 Å². The predicted molar refractivity (Wildman–Crippen MR) is 152 cm³/mol. The third-order valence-corrected chi connectivity index (χ3v) is 8.06. The molecule has 4 heteroatoms. The van der Waals surface area contributed by atoms with E-state index in [0.29, 0.717) is 11.8 Å². The first-order valence-corrected chi connectivity index (χ1v) is 13.8. The Bertz CT molecular complexity index is 1340. The van der Waals surface area contributed by atoms with E-state index in [-0.39, 0.29) is 6.04 Å². The summed E-state index contributed by atoms with van der Waals surface area (Å²) in [6.45, 7) is 2.82. The normalized spacial score (nSPS) is 19.5. The molecule has 0 aliphatic carbocycles. The van der Waals surface area contributed by atoms with Crippen molar-refractivity contribution >= 4 is 16.5 Å². The van der Waals surface area contributed by atoms with Crippen LogP contribution in [-0.2, 0) is 12.8 Å². The first-order valence-electron chi connectivity index (χ1n) is 13.8. The smallest absolute Gasteiger partial charge is 0.119 e. The fourth-order valence-electron chi connectivity index (χ4n) is 6.10. The highest BCUT2D eigenvalue weighted by Crippen LogP contribution is 2.40. The Morgan fingerprint density at radius 2 is 1.78 bits per heavy atom. The van der Waals surface area contributed by atoms with E-state index in [1.54, 1.807) is 0 Å². The molecule has 4 nitrogen and oxygen atoms in total. The van der Waals surface area contributed by atoms with Crippen molar-refractivity contribution in [1.29, 1.82) is 0 Å². The van der Waals surface area contributed by atoms with E-state index >= 15 is 0 Å². The maximum absolute atomic E-state index is 10.1. The number of piperidine rings is 1. The van der Waals surface area contributed by atoms with Crippen LogP contribution in [0.15, 0.2) is 84.9 Å². The minimum Gasteiger partial charge on any atom is -0.508 e. The molecule has 0 aromatic heterocycles. The SMILES string of the molecule is Oc1ccc2c(c1)CCN(c1cccc3ccccc13)C2Cc1ccc(OCCC2CCCCN2)cc1. The van der Waals surface area contributed by atoms with Crippen LogP contribution in [0.4, 0.5) is 5.69 Å². The van der Waals surface area contributed by atoms with Crippen LogP contribution in [0.25, 0.3) is 10.8 Å². The van der Waals surface area contributed by atoms with E-state index < -0.39 is 0 Å². The zero-order chi connectivity index (χ0) is 25.0.